The molecule has 1 aromatic heterocycles. The van der Waals surface area contributed by atoms with Gasteiger partial charge in [0, 0.05) is 45.6 Å². The minimum atomic E-state index is -0.0913. The lowest BCUT2D eigenvalue weighted by atomic mass is 9.72. The van der Waals surface area contributed by atoms with Gasteiger partial charge in [0.25, 0.3) is 5.91 Å². The van der Waals surface area contributed by atoms with Crippen molar-refractivity contribution in [3.05, 3.63) is 34.2 Å². The second kappa shape index (κ2) is 5.64. The van der Waals surface area contributed by atoms with E-state index in [0.29, 0.717) is 11.0 Å². The Labute approximate surface area is 124 Å². The van der Waals surface area contributed by atoms with Gasteiger partial charge in [-0.05, 0) is 37.2 Å². The second-order valence-corrected chi connectivity index (χ2v) is 6.27. The van der Waals surface area contributed by atoms with Crippen LogP contribution >= 0.6 is 0 Å². The van der Waals surface area contributed by atoms with Crippen LogP contribution in [-0.2, 0) is 11.8 Å². The largest absolute Gasteiger partial charge is 0.381 e. The molecule has 3 rings (SSSR count). The van der Waals surface area contributed by atoms with Crippen LogP contribution in [0, 0.1) is 5.41 Å². The van der Waals surface area contributed by atoms with Crippen molar-refractivity contribution in [1.82, 2.24) is 9.47 Å². The van der Waals surface area contributed by atoms with Crippen molar-refractivity contribution in [3.8, 4) is 0 Å². The number of rotatable bonds is 1. The molecule has 2 aliphatic rings. The highest BCUT2D eigenvalue weighted by molar-refractivity contribution is 5.93. The highest BCUT2D eigenvalue weighted by Crippen LogP contribution is 2.40. The van der Waals surface area contributed by atoms with Crippen LogP contribution in [0.2, 0.25) is 0 Å². The summed E-state index contributed by atoms with van der Waals surface area (Å²) in [5.74, 6) is 0.0347. The first-order valence-electron chi connectivity index (χ1n) is 7.63. The van der Waals surface area contributed by atoms with Crippen LogP contribution in [0.4, 0.5) is 0 Å². The second-order valence-electron chi connectivity index (χ2n) is 6.27. The molecule has 0 N–H and O–H groups in total. The maximum absolute atomic E-state index is 12.5. The number of nitrogens with zero attached hydrogens (tertiary/aromatic N) is 2. The van der Waals surface area contributed by atoms with Crippen molar-refractivity contribution >= 4 is 5.91 Å². The average molecular weight is 290 g/mol. The Morgan fingerprint density at radius 1 is 1.14 bits per heavy atom. The number of carbonyl (C=O) groups excluding carboxylic acids is 1. The zero-order chi connectivity index (χ0) is 14.9. The van der Waals surface area contributed by atoms with E-state index in [0.717, 1.165) is 52.0 Å². The summed E-state index contributed by atoms with van der Waals surface area (Å²) >= 11 is 0. The molecule has 0 atom stereocenters. The van der Waals surface area contributed by atoms with Crippen molar-refractivity contribution in [2.45, 2.75) is 25.7 Å². The molecule has 1 spiro atoms. The average Bonchev–Trinajstić information content (AvgIpc) is 2.51. The summed E-state index contributed by atoms with van der Waals surface area (Å²) in [5.41, 5.74) is 0.893. The molecule has 1 aromatic rings. The van der Waals surface area contributed by atoms with Crippen molar-refractivity contribution in [2.24, 2.45) is 12.5 Å². The van der Waals surface area contributed by atoms with Crippen molar-refractivity contribution in [3.63, 3.8) is 0 Å². The van der Waals surface area contributed by atoms with E-state index >= 15 is 0 Å². The summed E-state index contributed by atoms with van der Waals surface area (Å²) in [6.45, 7) is 3.33. The Morgan fingerprint density at radius 2 is 1.81 bits per heavy atom. The summed E-state index contributed by atoms with van der Waals surface area (Å²) in [6.07, 6.45) is 5.99. The molecule has 5 nitrogen and oxygen atoms in total. The van der Waals surface area contributed by atoms with Crippen LogP contribution in [0.25, 0.3) is 0 Å². The Morgan fingerprint density at radius 3 is 2.43 bits per heavy atom. The fourth-order valence-corrected chi connectivity index (χ4v) is 3.39. The first kappa shape index (κ1) is 14.3. The van der Waals surface area contributed by atoms with Gasteiger partial charge in [-0.2, -0.15) is 0 Å². The molecule has 2 saturated heterocycles. The monoisotopic (exact) mass is 290 g/mol. The van der Waals surface area contributed by atoms with Gasteiger partial charge in [-0.15, -0.1) is 0 Å². The molecule has 1 amide bonds. The quantitative estimate of drug-likeness (QED) is 0.786. The highest BCUT2D eigenvalue weighted by atomic mass is 16.5. The third kappa shape index (κ3) is 2.88. The van der Waals surface area contributed by atoms with E-state index in [2.05, 4.69) is 0 Å². The summed E-state index contributed by atoms with van der Waals surface area (Å²) in [6, 6.07) is 3.08. The van der Waals surface area contributed by atoms with Gasteiger partial charge in [-0.25, -0.2) is 0 Å². The summed E-state index contributed by atoms with van der Waals surface area (Å²) in [7, 11) is 1.67. The van der Waals surface area contributed by atoms with E-state index in [-0.39, 0.29) is 11.5 Å². The molecule has 0 aromatic carbocycles. The summed E-state index contributed by atoms with van der Waals surface area (Å²) < 4.78 is 6.91. The fourth-order valence-electron chi connectivity index (χ4n) is 3.39. The molecule has 0 aliphatic carbocycles. The van der Waals surface area contributed by atoms with Crippen molar-refractivity contribution in [1.29, 1.82) is 0 Å². The first-order valence-corrected chi connectivity index (χ1v) is 7.63. The number of aromatic nitrogens is 1. The van der Waals surface area contributed by atoms with Crippen LogP contribution in [0.3, 0.4) is 0 Å². The molecule has 5 heteroatoms. The highest BCUT2D eigenvalue weighted by Gasteiger charge is 2.37. The van der Waals surface area contributed by atoms with Gasteiger partial charge in [-0.1, -0.05) is 0 Å². The molecule has 21 heavy (non-hydrogen) atoms. The molecule has 2 aliphatic heterocycles. The van der Waals surface area contributed by atoms with Gasteiger partial charge in [0.2, 0.25) is 5.56 Å². The van der Waals surface area contributed by atoms with Crippen LogP contribution in [0.15, 0.2) is 23.1 Å². The number of ether oxygens (including phenoxy) is 1. The zero-order valence-electron chi connectivity index (χ0n) is 12.5. The third-order valence-corrected chi connectivity index (χ3v) is 5.00. The molecule has 0 saturated carbocycles. The third-order valence-electron chi connectivity index (χ3n) is 5.00. The Bertz CT molecular complexity index is 577. The Balaban J connectivity index is 1.67. The molecule has 2 fully saturated rings. The predicted molar refractivity (Wildman–Crippen MR) is 79.3 cm³/mol. The van der Waals surface area contributed by atoms with Crippen molar-refractivity contribution in [2.75, 3.05) is 26.3 Å². The van der Waals surface area contributed by atoms with Gasteiger partial charge < -0.3 is 14.2 Å². The lowest BCUT2D eigenvalue weighted by Gasteiger charge is -2.44. The predicted octanol–water partition coefficient (Wildman–Crippen LogP) is 1.42. The van der Waals surface area contributed by atoms with Gasteiger partial charge in [0.05, 0.1) is 5.56 Å². The normalized spacial score (nSPS) is 21.5. The molecule has 0 radical (unpaired) electrons. The van der Waals surface area contributed by atoms with Crippen LogP contribution in [0.1, 0.15) is 36.0 Å². The van der Waals surface area contributed by atoms with Crippen LogP contribution in [-0.4, -0.2) is 41.7 Å². The maximum Gasteiger partial charge on any atom is 0.255 e. The maximum atomic E-state index is 12.5. The summed E-state index contributed by atoms with van der Waals surface area (Å²) in [5, 5.41) is 0. The number of piperidine rings is 1. The SMILES string of the molecule is Cn1cc(C(=O)N2CCC3(CCOCC3)CC2)ccc1=O. The van der Waals surface area contributed by atoms with Gasteiger partial charge in [0.15, 0.2) is 0 Å². The summed E-state index contributed by atoms with van der Waals surface area (Å²) in [4.78, 5) is 25.8. The minimum absolute atomic E-state index is 0.0347. The fraction of sp³-hybridized carbons (Fsp3) is 0.625. The molecule has 0 bridgehead atoms. The van der Waals surface area contributed by atoms with E-state index in [1.54, 1.807) is 19.3 Å². The number of amides is 1. The first-order chi connectivity index (χ1) is 10.1. The number of pyridine rings is 1. The Kier molecular flexibility index (Phi) is 3.85. The molecule has 3 heterocycles. The smallest absolute Gasteiger partial charge is 0.255 e. The number of hydrogen-bond acceptors (Lipinski definition) is 3. The minimum Gasteiger partial charge on any atom is -0.381 e. The van der Waals surface area contributed by atoms with Gasteiger partial charge in [0.1, 0.15) is 0 Å². The molecular weight excluding hydrogens is 268 g/mol. The molecule has 114 valence electrons. The topological polar surface area (TPSA) is 51.5 Å². The van der Waals surface area contributed by atoms with E-state index < -0.39 is 0 Å². The van der Waals surface area contributed by atoms with Crippen molar-refractivity contribution < 1.29 is 9.53 Å². The van der Waals surface area contributed by atoms with Gasteiger partial charge >= 0.3 is 0 Å². The standard InChI is InChI=1S/C16H22N2O3/c1-17-12-13(2-3-14(17)19)15(20)18-8-4-16(5-9-18)6-10-21-11-7-16/h2-3,12H,4-11H2,1H3. The van der Waals surface area contributed by atoms with Crippen LogP contribution < -0.4 is 5.56 Å². The zero-order valence-corrected chi connectivity index (χ0v) is 12.5. The molecule has 0 unspecified atom stereocenters. The lowest BCUT2D eigenvalue weighted by Crippen LogP contribution is -2.45. The van der Waals surface area contributed by atoms with E-state index in [9.17, 15) is 9.59 Å². The van der Waals surface area contributed by atoms with Crippen LogP contribution in [0.5, 0.6) is 0 Å². The van der Waals surface area contributed by atoms with E-state index in [4.69, 9.17) is 4.74 Å². The lowest BCUT2D eigenvalue weighted by molar-refractivity contribution is -0.0175. The van der Waals surface area contributed by atoms with E-state index in [1.165, 1.54) is 10.6 Å². The number of carbonyl (C=O) groups is 1. The van der Waals surface area contributed by atoms with E-state index in [1.807, 2.05) is 4.90 Å². The molecular formula is C16H22N2O3. The number of hydrogen-bond donors (Lipinski definition) is 0. The number of likely N-dealkylation sites (tertiary alicyclic amines) is 1. The van der Waals surface area contributed by atoms with Gasteiger partial charge in [-0.3, -0.25) is 9.59 Å². The number of aryl methyl sites for hydroxylation is 1. The Hall–Kier alpha value is -1.62.